The van der Waals surface area contributed by atoms with E-state index in [-0.39, 0.29) is 6.42 Å². The zero-order valence-corrected chi connectivity index (χ0v) is 12.6. The maximum absolute atomic E-state index is 10.7. The number of carboxylic acid groups (broad SMARTS) is 1. The summed E-state index contributed by atoms with van der Waals surface area (Å²) in [4.78, 5) is 12.1. The summed E-state index contributed by atoms with van der Waals surface area (Å²) in [5.74, 6) is -0.131. The number of rotatable bonds is 9. The van der Waals surface area contributed by atoms with Crippen molar-refractivity contribution in [3.63, 3.8) is 0 Å². The minimum absolute atomic E-state index is 0.0645. The van der Waals surface area contributed by atoms with Crippen molar-refractivity contribution in [3.05, 3.63) is 28.2 Å². The van der Waals surface area contributed by atoms with E-state index >= 15 is 0 Å². The van der Waals surface area contributed by atoms with Crippen molar-refractivity contribution >= 4 is 17.3 Å². The van der Waals surface area contributed by atoms with Crippen LogP contribution < -0.4 is 0 Å². The zero-order chi connectivity index (χ0) is 15.1. The van der Waals surface area contributed by atoms with E-state index in [4.69, 9.17) is 9.84 Å². The summed E-state index contributed by atoms with van der Waals surface area (Å²) in [7, 11) is 1.49. The molecule has 8 heteroatoms. The molecular weight excluding hydrogens is 292 g/mol. The highest BCUT2D eigenvalue weighted by Gasteiger charge is 2.16. The summed E-state index contributed by atoms with van der Waals surface area (Å²) in [6, 6.07) is 4.15. The van der Waals surface area contributed by atoms with Gasteiger partial charge in [0.2, 0.25) is 0 Å². The highest BCUT2D eigenvalue weighted by molar-refractivity contribution is 7.09. The molecule has 0 amide bonds. The summed E-state index contributed by atoms with van der Waals surface area (Å²) in [5.41, 5.74) is 0. The van der Waals surface area contributed by atoms with Gasteiger partial charge in [-0.2, -0.15) is 0 Å². The minimum Gasteiger partial charge on any atom is -0.481 e. The Balaban J connectivity index is 1.87. The van der Waals surface area contributed by atoms with Crippen molar-refractivity contribution in [2.75, 3.05) is 7.11 Å². The van der Waals surface area contributed by atoms with Gasteiger partial charge in [-0.05, 0) is 34.7 Å². The number of aromatic nitrogens is 4. The Hall–Kier alpha value is -1.80. The molecule has 2 heterocycles. The average molecular weight is 310 g/mol. The predicted octanol–water partition coefficient (Wildman–Crippen LogP) is 1.40. The zero-order valence-electron chi connectivity index (χ0n) is 11.8. The molecule has 0 aliphatic rings. The van der Waals surface area contributed by atoms with Crippen LogP contribution in [0.15, 0.2) is 17.5 Å². The van der Waals surface area contributed by atoms with Crippen molar-refractivity contribution in [2.24, 2.45) is 0 Å². The number of aliphatic carboxylic acids is 1. The van der Waals surface area contributed by atoms with Crippen LogP contribution in [-0.4, -0.2) is 44.5 Å². The third-order valence-electron chi connectivity index (χ3n) is 3.12. The molecule has 0 saturated carbocycles. The van der Waals surface area contributed by atoms with Crippen molar-refractivity contribution in [2.45, 2.75) is 38.3 Å². The second-order valence-electron chi connectivity index (χ2n) is 4.67. The molecule has 2 aromatic rings. The Morgan fingerprint density at radius 2 is 2.38 bits per heavy atom. The van der Waals surface area contributed by atoms with Crippen molar-refractivity contribution in [1.82, 2.24) is 20.2 Å². The van der Waals surface area contributed by atoms with Crippen LogP contribution in [0.4, 0.5) is 0 Å². The quantitative estimate of drug-likeness (QED) is 0.753. The van der Waals surface area contributed by atoms with E-state index < -0.39 is 12.1 Å². The van der Waals surface area contributed by atoms with Gasteiger partial charge in [0.15, 0.2) is 5.82 Å². The predicted molar refractivity (Wildman–Crippen MR) is 77.2 cm³/mol. The van der Waals surface area contributed by atoms with Gasteiger partial charge in [0.1, 0.15) is 0 Å². The van der Waals surface area contributed by atoms with Gasteiger partial charge in [-0.15, -0.1) is 16.4 Å². The number of carbonyl (C=O) groups is 1. The summed E-state index contributed by atoms with van der Waals surface area (Å²) in [6.45, 7) is 0.351. The average Bonchev–Trinajstić information content (AvgIpc) is 3.10. The molecule has 0 saturated heterocycles. The van der Waals surface area contributed by atoms with Crippen molar-refractivity contribution < 1.29 is 14.6 Å². The number of hydrogen-bond acceptors (Lipinski definition) is 6. The second kappa shape index (κ2) is 7.84. The lowest BCUT2D eigenvalue weighted by Gasteiger charge is -2.13. The number of ether oxygens (including phenoxy) is 1. The maximum atomic E-state index is 10.7. The fourth-order valence-corrected chi connectivity index (χ4v) is 2.78. The smallest absolute Gasteiger partial charge is 0.306 e. The molecule has 114 valence electrons. The Bertz CT molecular complexity index is 556. The number of nitrogens with zero attached hydrogens (tertiary/aromatic N) is 4. The van der Waals surface area contributed by atoms with Crippen LogP contribution in [0.2, 0.25) is 0 Å². The van der Waals surface area contributed by atoms with Gasteiger partial charge in [0.25, 0.3) is 0 Å². The second-order valence-corrected chi connectivity index (χ2v) is 5.70. The summed E-state index contributed by atoms with van der Waals surface area (Å²) < 4.78 is 6.79. The van der Waals surface area contributed by atoms with E-state index in [9.17, 15) is 4.79 Å². The maximum Gasteiger partial charge on any atom is 0.306 e. The summed E-state index contributed by atoms with van der Waals surface area (Å²) in [6.07, 6.45) is 2.21. The largest absolute Gasteiger partial charge is 0.481 e. The number of tetrazole rings is 1. The number of aryl methyl sites for hydroxylation is 2. The lowest BCUT2D eigenvalue weighted by atomic mass is 10.2. The van der Waals surface area contributed by atoms with Gasteiger partial charge in [0, 0.05) is 18.4 Å². The van der Waals surface area contributed by atoms with Crippen LogP contribution in [0, 0.1) is 0 Å². The lowest BCUT2D eigenvalue weighted by molar-refractivity contribution is -0.140. The first kappa shape index (κ1) is 15.6. The molecule has 2 rings (SSSR count). The molecule has 21 heavy (non-hydrogen) atoms. The molecule has 0 fully saturated rings. The van der Waals surface area contributed by atoms with Crippen LogP contribution in [-0.2, 0) is 28.9 Å². The Labute approximate surface area is 126 Å². The molecule has 0 aliphatic heterocycles. The third-order valence-corrected chi connectivity index (χ3v) is 4.06. The molecule has 1 N–H and O–H groups in total. The highest BCUT2D eigenvalue weighted by Crippen LogP contribution is 2.12. The van der Waals surface area contributed by atoms with Gasteiger partial charge < -0.3 is 9.84 Å². The number of carboxylic acids is 1. The summed E-state index contributed by atoms with van der Waals surface area (Å²) >= 11 is 1.74. The first-order chi connectivity index (χ1) is 10.2. The van der Waals surface area contributed by atoms with E-state index in [1.165, 1.54) is 12.0 Å². The molecule has 7 nitrogen and oxygen atoms in total. The van der Waals surface area contributed by atoms with Crippen LogP contribution in [0.1, 0.15) is 23.5 Å². The molecule has 1 unspecified atom stereocenters. The molecule has 0 bridgehead atoms. The monoisotopic (exact) mass is 310 g/mol. The van der Waals surface area contributed by atoms with Gasteiger partial charge in [0.05, 0.1) is 19.1 Å². The summed E-state index contributed by atoms with van der Waals surface area (Å²) in [5, 5.41) is 22.5. The SMILES string of the molecule is COC(CC(=O)O)Cn1nnnc1CCCc1cccs1. The number of thiophene rings is 1. The Morgan fingerprint density at radius 3 is 3.05 bits per heavy atom. The van der Waals surface area contributed by atoms with Crippen molar-refractivity contribution in [3.8, 4) is 0 Å². The van der Waals surface area contributed by atoms with Gasteiger partial charge >= 0.3 is 5.97 Å². The van der Waals surface area contributed by atoms with E-state index in [2.05, 4.69) is 27.0 Å². The Morgan fingerprint density at radius 1 is 1.52 bits per heavy atom. The molecule has 0 aromatic carbocycles. The molecule has 0 spiro atoms. The van der Waals surface area contributed by atoms with Gasteiger partial charge in [-0.3, -0.25) is 4.79 Å². The normalized spacial score (nSPS) is 12.4. The van der Waals surface area contributed by atoms with E-state index in [0.29, 0.717) is 6.54 Å². The molecular formula is C13H18N4O3S. The molecule has 0 aliphatic carbocycles. The molecule has 1 atom stereocenters. The van der Waals surface area contributed by atoms with Crippen LogP contribution >= 0.6 is 11.3 Å². The van der Waals surface area contributed by atoms with Crippen LogP contribution in [0.5, 0.6) is 0 Å². The molecule has 2 aromatic heterocycles. The standard InChI is InChI=1S/C13H18N4O3S/c1-20-10(8-13(18)19)9-17-12(14-15-16-17)6-2-4-11-5-3-7-21-11/h3,5,7,10H,2,4,6,8-9H2,1H3,(H,18,19). The van der Waals surface area contributed by atoms with Gasteiger partial charge in [-0.1, -0.05) is 6.07 Å². The fourth-order valence-electron chi connectivity index (χ4n) is 2.03. The lowest BCUT2D eigenvalue weighted by Crippen LogP contribution is -2.24. The first-order valence-electron chi connectivity index (χ1n) is 6.71. The van der Waals surface area contributed by atoms with E-state index in [0.717, 1.165) is 25.1 Å². The topological polar surface area (TPSA) is 90.1 Å². The number of hydrogen-bond donors (Lipinski definition) is 1. The molecule has 0 radical (unpaired) electrons. The van der Waals surface area contributed by atoms with Gasteiger partial charge in [-0.25, -0.2) is 4.68 Å². The minimum atomic E-state index is -0.894. The third kappa shape index (κ3) is 4.91. The highest BCUT2D eigenvalue weighted by atomic mass is 32.1. The van der Waals surface area contributed by atoms with Crippen LogP contribution in [0.25, 0.3) is 0 Å². The Kier molecular flexibility index (Phi) is 5.82. The van der Waals surface area contributed by atoms with Crippen molar-refractivity contribution in [1.29, 1.82) is 0 Å². The van der Waals surface area contributed by atoms with E-state index in [1.807, 2.05) is 6.07 Å². The van der Waals surface area contributed by atoms with E-state index in [1.54, 1.807) is 16.0 Å². The van der Waals surface area contributed by atoms with Crippen LogP contribution in [0.3, 0.4) is 0 Å². The first-order valence-corrected chi connectivity index (χ1v) is 7.59. The number of methoxy groups -OCH3 is 1. The fraction of sp³-hybridized carbons (Fsp3) is 0.538.